The summed E-state index contributed by atoms with van der Waals surface area (Å²) in [6, 6.07) is 12.9. The van der Waals surface area contributed by atoms with Gasteiger partial charge in [-0.3, -0.25) is 4.79 Å². The van der Waals surface area contributed by atoms with E-state index in [9.17, 15) is 9.90 Å². The van der Waals surface area contributed by atoms with Crippen LogP contribution in [0.4, 0.5) is 11.4 Å². The van der Waals surface area contributed by atoms with Gasteiger partial charge in [0.1, 0.15) is 5.75 Å². The van der Waals surface area contributed by atoms with Crippen LogP contribution in [0.15, 0.2) is 52.7 Å². The molecule has 0 unspecified atom stereocenters. The van der Waals surface area contributed by atoms with Gasteiger partial charge in [-0.2, -0.15) is 0 Å². The van der Waals surface area contributed by atoms with Crippen molar-refractivity contribution in [2.75, 3.05) is 19.0 Å². The Hall–Kier alpha value is -3.35. The Kier molecular flexibility index (Phi) is 4.65. The number of ether oxygens (including phenoxy) is 1. The van der Waals surface area contributed by atoms with Gasteiger partial charge in [0.2, 0.25) is 5.88 Å². The molecule has 3 aromatic rings. The highest BCUT2D eigenvalue weighted by Crippen LogP contribution is 2.36. The molecule has 0 saturated heterocycles. The number of carbonyl (C=O) groups excluding carboxylic acids is 1. The monoisotopic (exact) mass is 338 g/mol. The number of azo groups is 1. The topological polar surface area (TPSA) is 99.1 Å². The van der Waals surface area contributed by atoms with E-state index < -0.39 is 5.91 Å². The summed E-state index contributed by atoms with van der Waals surface area (Å²) >= 11 is 0. The summed E-state index contributed by atoms with van der Waals surface area (Å²) in [6.07, 6.45) is 0. The minimum Gasteiger partial charge on any atom is -0.495 e. The number of hydrogen-bond acceptors (Lipinski definition) is 5. The van der Waals surface area contributed by atoms with Crippen molar-refractivity contribution in [2.24, 2.45) is 10.2 Å². The van der Waals surface area contributed by atoms with Crippen LogP contribution in [-0.2, 0) is 4.79 Å². The van der Waals surface area contributed by atoms with Crippen LogP contribution in [0, 0.1) is 6.92 Å². The normalized spacial score (nSPS) is 11.1. The lowest BCUT2D eigenvalue weighted by Crippen LogP contribution is -2.11. The number of nitrogens with zero attached hydrogens (tertiary/aromatic N) is 2. The number of benzene rings is 2. The van der Waals surface area contributed by atoms with E-state index >= 15 is 0 Å². The smallest absolute Gasteiger partial charge is 0.283 e. The molecule has 0 aliphatic carbocycles. The molecule has 3 rings (SSSR count). The molecule has 1 aromatic heterocycles. The summed E-state index contributed by atoms with van der Waals surface area (Å²) in [5.41, 5.74) is 2.69. The van der Waals surface area contributed by atoms with Crippen LogP contribution in [0.2, 0.25) is 0 Å². The van der Waals surface area contributed by atoms with E-state index in [0.29, 0.717) is 16.8 Å². The Bertz CT molecular complexity index is 947. The molecule has 0 spiro atoms. The van der Waals surface area contributed by atoms with Gasteiger partial charge >= 0.3 is 0 Å². The number of aromatic nitrogens is 1. The van der Waals surface area contributed by atoms with Crippen LogP contribution in [0.5, 0.6) is 11.6 Å². The molecule has 0 atom stereocenters. The molecule has 7 heteroatoms. The van der Waals surface area contributed by atoms with Crippen molar-refractivity contribution in [3.8, 4) is 11.6 Å². The number of rotatable bonds is 5. The number of aromatic hydroxyl groups is 1. The Morgan fingerprint density at radius 3 is 2.84 bits per heavy atom. The molecular formula is C18H18N4O3. The Morgan fingerprint density at radius 2 is 2.04 bits per heavy atom. The van der Waals surface area contributed by atoms with Crippen LogP contribution >= 0.6 is 0 Å². The average Bonchev–Trinajstić information content (AvgIpc) is 2.95. The van der Waals surface area contributed by atoms with Crippen molar-refractivity contribution < 1.29 is 14.6 Å². The van der Waals surface area contributed by atoms with E-state index in [2.05, 4.69) is 20.5 Å². The van der Waals surface area contributed by atoms with Crippen LogP contribution in [0.1, 0.15) is 5.56 Å². The van der Waals surface area contributed by atoms with Gasteiger partial charge in [0.15, 0.2) is 5.69 Å². The third-order valence-corrected chi connectivity index (χ3v) is 3.79. The third-order valence-electron chi connectivity index (χ3n) is 3.79. The predicted molar refractivity (Wildman–Crippen MR) is 95.7 cm³/mol. The van der Waals surface area contributed by atoms with Crippen molar-refractivity contribution in [3.63, 3.8) is 0 Å². The average molecular weight is 338 g/mol. The molecule has 2 aromatic carbocycles. The molecule has 1 amide bonds. The number of nitrogens with one attached hydrogen (secondary N) is 2. The molecule has 0 radical (unpaired) electrons. The van der Waals surface area contributed by atoms with Gasteiger partial charge in [0.05, 0.1) is 24.9 Å². The van der Waals surface area contributed by atoms with Crippen molar-refractivity contribution >= 4 is 28.2 Å². The van der Waals surface area contributed by atoms with Crippen LogP contribution in [0.25, 0.3) is 10.9 Å². The number of H-pyrrole nitrogens is 1. The summed E-state index contributed by atoms with van der Waals surface area (Å²) in [7, 11) is 1.56. The first-order valence-electron chi connectivity index (χ1n) is 7.72. The SMILES string of the molecule is COc1ccccc1NCC(=O)N=Nc1c(O)[nH]c2c(C)cccc12. The molecule has 0 aliphatic heterocycles. The Morgan fingerprint density at radius 1 is 1.24 bits per heavy atom. The lowest BCUT2D eigenvalue weighted by atomic mass is 10.1. The molecule has 0 fully saturated rings. The summed E-state index contributed by atoms with van der Waals surface area (Å²) in [5.74, 6) is 0.0582. The van der Waals surface area contributed by atoms with Gasteiger partial charge in [-0.15, -0.1) is 10.2 Å². The quantitative estimate of drug-likeness (QED) is 0.614. The molecule has 3 N–H and O–H groups in total. The lowest BCUT2D eigenvalue weighted by Gasteiger charge is -2.08. The number of amides is 1. The fourth-order valence-corrected chi connectivity index (χ4v) is 2.54. The van der Waals surface area contributed by atoms with E-state index in [1.165, 1.54) is 0 Å². The Balaban J connectivity index is 1.73. The van der Waals surface area contributed by atoms with Gasteiger partial charge < -0.3 is 20.1 Å². The van der Waals surface area contributed by atoms with E-state index in [1.54, 1.807) is 19.2 Å². The van der Waals surface area contributed by atoms with Crippen molar-refractivity contribution in [3.05, 3.63) is 48.0 Å². The molecule has 1 heterocycles. The molecule has 0 bridgehead atoms. The molecule has 0 saturated carbocycles. The van der Waals surface area contributed by atoms with Gasteiger partial charge in [-0.05, 0) is 24.6 Å². The van der Waals surface area contributed by atoms with Gasteiger partial charge in [-0.25, -0.2) is 0 Å². The number of aryl methyl sites for hydroxylation is 1. The van der Waals surface area contributed by atoms with Gasteiger partial charge in [-0.1, -0.05) is 30.3 Å². The van der Waals surface area contributed by atoms with Crippen LogP contribution < -0.4 is 10.1 Å². The highest BCUT2D eigenvalue weighted by Gasteiger charge is 2.12. The van der Waals surface area contributed by atoms with Crippen molar-refractivity contribution in [1.29, 1.82) is 0 Å². The number of aromatic amines is 1. The van der Waals surface area contributed by atoms with Gasteiger partial charge in [0, 0.05) is 5.39 Å². The van der Waals surface area contributed by atoms with Crippen molar-refractivity contribution in [2.45, 2.75) is 6.92 Å². The zero-order valence-electron chi connectivity index (χ0n) is 13.9. The van der Waals surface area contributed by atoms with Crippen LogP contribution in [0.3, 0.4) is 0 Å². The maximum atomic E-state index is 12.0. The van der Waals surface area contributed by atoms with E-state index in [0.717, 1.165) is 11.1 Å². The maximum Gasteiger partial charge on any atom is 0.283 e. The number of carbonyl (C=O) groups is 1. The lowest BCUT2D eigenvalue weighted by molar-refractivity contribution is -0.116. The number of hydrogen-bond donors (Lipinski definition) is 3. The van der Waals surface area contributed by atoms with E-state index in [-0.39, 0.29) is 18.1 Å². The highest BCUT2D eigenvalue weighted by molar-refractivity contribution is 5.96. The van der Waals surface area contributed by atoms with E-state index in [4.69, 9.17) is 4.74 Å². The minimum absolute atomic E-state index is 0.0357. The summed E-state index contributed by atoms with van der Waals surface area (Å²) in [4.78, 5) is 14.8. The van der Waals surface area contributed by atoms with Gasteiger partial charge in [0.25, 0.3) is 5.91 Å². The predicted octanol–water partition coefficient (Wildman–Crippen LogP) is 3.91. The fraction of sp³-hybridized carbons (Fsp3) is 0.167. The first-order valence-corrected chi connectivity index (χ1v) is 7.72. The largest absolute Gasteiger partial charge is 0.495 e. The number of fused-ring (bicyclic) bond motifs is 1. The number of methoxy groups -OCH3 is 1. The fourth-order valence-electron chi connectivity index (χ4n) is 2.54. The third kappa shape index (κ3) is 3.45. The number of anilines is 1. The van der Waals surface area contributed by atoms with E-state index in [1.807, 2.05) is 37.3 Å². The first-order chi connectivity index (χ1) is 12.1. The van der Waals surface area contributed by atoms with Crippen LogP contribution in [-0.4, -0.2) is 29.7 Å². The highest BCUT2D eigenvalue weighted by atomic mass is 16.5. The second kappa shape index (κ2) is 7.04. The molecule has 128 valence electrons. The summed E-state index contributed by atoms with van der Waals surface area (Å²) in [5, 5.41) is 21.3. The molecule has 0 aliphatic rings. The molecule has 25 heavy (non-hydrogen) atoms. The summed E-state index contributed by atoms with van der Waals surface area (Å²) in [6.45, 7) is 1.88. The minimum atomic E-state index is -0.465. The van der Waals surface area contributed by atoms with Crippen molar-refractivity contribution in [1.82, 2.24) is 4.98 Å². The standard InChI is InChI=1S/C18H18N4O3/c1-11-6-5-7-12-16(11)20-18(24)17(12)22-21-15(23)10-19-13-8-3-4-9-14(13)25-2/h3-9,19-20,24H,10H2,1-2H3. The second-order valence-corrected chi connectivity index (χ2v) is 5.47. The number of para-hydroxylation sites is 3. The maximum absolute atomic E-state index is 12.0. The zero-order valence-corrected chi connectivity index (χ0v) is 13.9. The Labute approximate surface area is 144 Å². The summed E-state index contributed by atoms with van der Waals surface area (Å²) < 4.78 is 5.21. The molecular weight excluding hydrogens is 320 g/mol. The first kappa shape index (κ1) is 16.5. The zero-order chi connectivity index (χ0) is 17.8. The molecule has 7 nitrogen and oxygen atoms in total. The second-order valence-electron chi connectivity index (χ2n) is 5.47.